The molecule has 0 amide bonds. The molecular formula is C26H27FIN7O5S. The van der Waals surface area contributed by atoms with Gasteiger partial charge in [-0.25, -0.2) is 9.18 Å². The maximum atomic E-state index is 14.9. The zero-order valence-electron chi connectivity index (χ0n) is 22.1. The molecule has 216 valence electrons. The molecule has 1 saturated carbocycles. The van der Waals surface area contributed by atoms with Gasteiger partial charge in [-0.15, -0.1) is 0 Å². The number of benzene rings is 2. The Balaban J connectivity index is 1.81. The molecule has 0 radical (unpaired) electrons. The van der Waals surface area contributed by atoms with Gasteiger partial charge in [0.25, 0.3) is 21.3 Å². The number of fused-ring (bicyclic) bond motifs is 1. The molecule has 2 aromatic carbocycles. The number of hydrogen-bond donors (Lipinski definition) is 4. The van der Waals surface area contributed by atoms with Crippen LogP contribution in [0.5, 0.6) is 0 Å². The summed E-state index contributed by atoms with van der Waals surface area (Å²) in [5, 5.41) is 2.93. The summed E-state index contributed by atoms with van der Waals surface area (Å²) in [7, 11) is -2.50. The van der Waals surface area contributed by atoms with Gasteiger partial charge < -0.3 is 11.1 Å². The predicted octanol–water partition coefficient (Wildman–Crippen LogP) is 2.19. The Morgan fingerprint density at radius 1 is 1.10 bits per heavy atom. The second kappa shape index (κ2) is 11.0. The largest absolute Gasteiger partial charge is 0.338 e. The van der Waals surface area contributed by atoms with Gasteiger partial charge in [-0.05, 0) is 78.8 Å². The van der Waals surface area contributed by atoms with Crippen molar-refractivity contribution in [1.29, 1.82) is 0 Å². The first-order valence-corrected chi connectivity index (χ1v) is 15.2. The summed E-state index contributed by atoms with van der Waals surface area (Å²) < 4.78 is 48.6. The molecule has 0 atom stereocenters. The maximum Gasteiger partial charge on any atom is 0.336 e. The summed E-state index contributed by atoms with van der Waals surface area (Å²) in [6.07, 6.45) is 1.24. The van der Waals surface area contributed by atoms with Crippen LogP contribution >= 0.6 is 22.6 Å². The molecule has 5 rings (SSSR count). The molecule has 2 heterocycles. The highest BCUT2D eigenvalue weighted by molar-refractivity contribution is 14.1. The lowest BCUT2D eigenvalue weighted by Crippen LogP contribution is -2.41. The Kier molecular flexibility index (Phi) is 7.80. The molecule has 0 saturated heterocycles. The number of nitrogens with two attached hydrogens (primary N) is 1. The van der Waals surface area contributed by atoms with Gasteiger partial charge in [-0.3, -0.25) is 28.0 Å². The van der Waals surface area contributed by atoms with Crippen molar-refractivity contribution in [2.75, 3.05) is 23.1 Å². The van der Waals surface area contributed by atoms with E-state index in [1.807, 2.05) is 22.6 Å². The molecule has 1 aliphatic rings. The summed E-state index contributed by atoms with van der Waals surface area (Å²) >= 11 is 1.97. The number of pyridine rings is 1. The summed E-state index contributed by atoms with van der Waals surface area (Å²) in [5.74, 6) is -0.566. The van der Waals surface area contributed by atoms with Crippen molar-refractivity contribution in [3.8, 4) is 5.69 Å². The van der Waals surface area contributed by atoms with E-state index in [0.717, 1.165) is 4.57 Å². The fourth-order valence-corrected chi connectivity index (χ4v) is 6.02. The van der Waals surface area contributed by atoms with Crippen LogP contribution < -0.4 is 37.3 Å². The zero-order valence-corrected chi connectivity index (χ0v) is 25.0. The molecule has 4 aromatic rings. The number of nitrogens with one attached hydrogen (secondary N) is 3. The molecule has 1 fully saturated rings. The topological polar surface area (TPSA) is 162 Å². The highest BCUT2D eigenvalue weighted by atomic mass is 127. The van der Waals surface area contributed by atoms with Crippen LogP contribution in [0.25, 0.3) is 16.6 Å². The third kappa shape index (κ3) is 5.53. The number of aryl methyl sites for hydroxylation is 1. The van der Waals surface area contributed by atoms with E-state index >= 15 is 0 Å². The average molecular weight is 696 g/mol. The van der Waals surface area contributed by atoms with Crippen molar-refractivity contribution in [3.63, 3.8) is 0 Å². The fraction of sp³-hybridized carbons (Fsp3) is 0.269. The fourth-order valence-electron chi connectivity index (χ4n) is 4.67. The molecule has 0 bridgehead atoms. The number of nitrogens with zero attached hydrogens (tertiary/aromatic N) is 3. The maximum absolute atomic E-state index is 14.9. The van der Waals surface area contributed by atoms with Crippen LogP contribution in [0.4, 0.5) is 21.6 Å². The minimum Gasteiger partial charge on any atom is -0.338 e. The molecule has 2 aromatic heterocycles. The molecule has 1 aliphatic carbocycles. The van der Waals surface area contributed by atoms with E-state index in [1.54, 1.807) is 12.1 Å². The number of aromatic nitrogens is 3. The average Bonchev–Trinajstić information content (AvgIpc) is 3.75. The highest BCUT2D eigenvalue weighted by Crippen LogP contribution is 2.34. The Bertz CT molecular complexity index is 1980. The third-order valence-electron chi connectivity index (χ3n) is 6.73. The van der Waals surface area contributed by atoms with Gasteiger partial charge in [-0.2, -0.15) is 13.1 Å². The highest BCUT2D eigenvalue weighted by Gasteiger charge is 2.31. The summed E-state index contributed by atoms with van der Waals surface area (Å²) in [4.78, 5) is 41.2. The van der Waals surface area contributed by atoms with E-state index in [2.05, 4.69) is 14.8 Å². The van der Waals surface area contributed by atoms with Crippen molar-refractivity contribution in [2.24, 2.45) is 12.8 Å². The Morgan fingerprint density at radius 3 is 2.49 bits per heavy atom. The van der Waals surface area contributed by atoms with Crippen LogP contribution in [0.15, 0.2) is 56.8 Å². The number of rotatable bonds is 9. The van der Waals surface area contributed by atoms with Crippen molar-refractivity contribution in [3.05, 3.63) is 88.6 Å². The number of hydrogen-bond acceptors (Lipinski definition) is 7. The van der Waals surface area contributed by atoms with Crippen LogP contribution in [0.3, 0.4) is 0 Å². The zero-order chi connectivity index (χ0) is 29.6. The van der Waals surface area contributed by atoms with Crippen molar-refractivity contribution < 1.29 is 12.8 Å². The van der Waals surface area contributed by atoms with Crippen molar-refractivity contribution in [2.45, 2.75) is 25.8 Å². The lowest BCUT2D eigenvalue weighted by Gasteiger charge is -2.21. The van der Waals surface area contributed by atoms with Gasteiger partial charge in [0.2, 0.25) is 0 Å². The molecule has 41 heavy (non-hydrogen) atoms. The smallest absolute Gasteiger partial charge is 0.336 e. The molecule has 5 N–H and O–H groups in total. The molecule has 0 unspecified atom stereocenters. The van der Waals surface area contributed by atoms with Gasteiger partial charge >= 0.3 is 5.69 Å². The molecule has 15 heteroatoms. The first-order valence-electron chi connectivity index (χ1n) is 12.6. The Labute approximate surface area is 247 Å². The van der Waals surface area contributed by atoms with E-state index in [1.165, 1.54) is 53.4 Å². The monoisotopic (exact) mass is 695 g/mol. The quantitative estimate of drug-likeness (QED) is 0.195. The summed E-state index contributed by atoms with van der Waals surface area (Å²) in [5.41, 5.74) is 4.15. The summed E-state index contributed by atoms with van der Waals surface area (Å²) in [6.45, 7) is 1.62. The summed E-state index contributed by atoms with van der Waals surface area (Å²) in [6, 6.07) is 10.2. The van der Waals surface area contributed by atoms with Gasteiger partial charge in [-0.1, -0.05) is 6.07 Å². The van der Waals surface area contributed by atoms with E-state index in [4.69, 9.17) is 5.73 Å². The van der Waals surface area contributed by atoms with Gasteiger partial charge in [0.05, 0.1) is 22.6 Å². The second-order valence-corrected chi connectivity index (χ2v) is 12.4. The van der Waals surface area contributed by atoms with Crippen LogP contribution in [-0.4, -0.2) is 35.2 Å². The predicted molar refractivity (Wildman–Crippen MR) is 164 cm³/mol. The van der Waals surface area contributed by atoms with Crippen molar-refractivity contribution in [1.82, 2.24) is 18.4 Å². The molecule has 0 spiro atoms. The minimum absolute atomic E-state index is 0.0182. The SMILES string of the molecule is Cc1c(=O)n(C)c(Nc2ccc(I)cc2F)c2c(=O)n(C3CC3)c(=O)n(-c3cccc(NS(=O)(=O)NCCN)c3)c12. The first-order chi connectivity index (χ1) is 19.4. The number of anilines is 3. The normalized spacial score (nSPS) is 13.5. The second-order valence-electron chi connectivity index (χ2n) is 9.67. The molecule has 12 nitrogen and oxygen atoms in total. The van der Waals surface area contributed by atoms with E-state index in [0.29, 0.717) is 16.4 Å². The van der Waals surface area contributed by atoms with Crippen LogP contribution in [0, 0.1) is 16.3 Å². The third-order valence-corrected chi connectivity index (χ3v) is 8.49. The minimum atomic E-state index is -3.96. The van der Waals surface area contributed by atoms with Gasteiger partial charge in [0.1, 0.15) is 17.0 Å². The van der Waals surface area contributed by atoms with Gasteiger partial charge in [0, 0.05) is 35.3 Å². The lowest BCUT2D eigenvalue weighted by atomic mass is 10.1. The van der Waals surface area contributed by atoms with Crippen LogP contribution in [-0.2, 0) is 17.3 Å². The van der Waals surface area contributed by atoms with Crippen LogP contribution in [0.1, 0.15) is 24.4 Å². The Morgan fingerprint density at radius 2 is 1.83 bits per heavy atom. The lowest BCUT2D eigenvalue weighted by molar-refractivity contribution is 0.587. The van der Waals surface area contributed by atoms with Crippen LogP contribution in [0.2, 0.25) is 0 Å². The molecular weight excluding hydrogens is 668 g/mol. The van der Waals surface area contributed by atoms with Crippen molar-refractivity contribution >= 4 is 60.9 Å². The Hall–Kier alpha value is -3.54. The van der Waals surface area contributed by atoms with Gasteiger partial charge in [0.15, 0.2) is 0 Å². The number of halogens is 2. The van der Waals surface area contributed by atoms with E-state index in [-0.39, 0.29) is 58.5 Å². The van der Waals surface area contributed by atoms with E-state index < -0.39 is 32.8 Å². The molecule has 0 aliphatic heterocycles. The standard InChI is InChI=1S/C26H27FIN7O5S/c1-14-22-21(23(33(2)24(14)36)31-20-9-6-15(28)12-19(20)27)25(37)35(17-7-8-17)26(38)34(22)18-5-3-4-16(13-18)32-41(39,40)30-11-10-29/h3-6,9,12-13,17,30-32H,7-8,10-11,29H2,1-2H3. The van der Waals surface area contributed by atoms with E-state index in [9.17, 15) is 27.2 Å². The first kappa shape index (κ1) is 29.0.